The summed E-state index contributed by atoms with van der Waals surface area (Å²) < 4.78 is 1.77. The SMILES string of the molecule is O=C(CSc1nc2ccccc2c(=O)n1CCCN1CCN(c2cccc(Cl)c2)CC1)NC1CCCCC1. The summed E-state index contributed by atoms with van der Waals surface area (Å²) in [6, 6.07) is 15.8. The number of thioether (sulfide) groups is 1. The summed E-state index contributed by atoms with van der Waals surface area (Å²) in [6.07, 6.45) is 6.58. The van der Waals surface area contributed by atoms with E-state index in [1.807, 2.05) is 42.5 Å². The molecule has 1 N–H and O–H groups in total. The van der Waals surface area contributed by atoms with Crippen molar-refractivity contribution in [3.63, 3.8) is 0 Å². The number of amides is 1. The minimum atomic E-state index is -0.0310. The van der Waals surface area contributed by atoms with Gasteiger partial charge in [0.15, 0.2) is 5.16 Å². The number of aromatic nitrogens is 2. The molecule has 5 rings (SSSR count). The van der Waals surface area contributed by atoms with Gasteiger partial charge in [-0.25, -0.2) is 4.98 Å². The number of fused-ring (bicyclic) bond motifs is 1. The molecule has 3 aromatic rings. The molecule has 2 heterocycles. The summed E-state index contributed by atoms with van der Waals surface area (Å²) in [4.78, 5) is 35.6. The van der Waals surface area contributed by atoms with Gasteiger partial charge in [0.2, 0.25) is 5.91 Å². The fourth-order valence-electron chi connectivity index (χ4n) is 5.46. The first-order chi connectivity index (χ1) is 18.6. The summed E-state index contributed by atoms with van der Waals surface area (Å²) in [5.41, 5.74) is 1.82. The maximum absolute atomic E-state index is 13.4. The molecule has 202 valence electrons. The molecule has 0 spiro atoms. The van der Waals surface area contributed by atoms with Gasteiger partial charge in [-0.1, -0.05) is 60.8 Å². The molecule has 1 saturated carbocycles. The number of hydrogen-bond acceptors (Lipinski definition) is 6. The molecule has 7 nitrogen and oxygen atoms in total. The average Bonchev–Trinajstić information content (AvgIpc) is 2.94. The number of anilines is 1. The van der Waals surface area contributed by atoms with Crippen LogP contribution in [0.15, 0.2) is 58.5 Å². The molecule has 2 aromatic carbocycles. The van der Waals surface area contributed by atoms with E-state index >= 15 is 0 Å². The van der Waals surface area contributed by atoms with Crippen LogP contribution in [0.1, 0.15) is 38.5 Å². The molecule has 0 bridgehead atoms. The van der Waals surface area contributed by atoms with E-state index in [1.54, 1.807) is 4.57 Å². The lowest BCUT2D eigenvalue weighted by atomic mass is 9.95. The van der Waals surface area contributed by atoms with Crippen molar-refractivity contribution in [1.82, 2.24) is 19.8 Å². The zero-order valence-electron chi connectivity index (χ0n) is 21.8. The highest BCUT2D eigenvalue weighted by atomic mass is 35.5. The number of rotatable bonds is 9. The number of benzene rings is 2. The van der Waals surface area contributed by atoms with Crippen molar-refractivity contribution in [1.29, 1.82) is 0 Å². The summed E-state index contributed by atoms with van der Waals surface area (Å²) in [6.45, 7) is 5.34. The van der Waals surface area contributed by atoms with Gasteiger partial charge in [0, 0.05) is 49.5 Å². The Balaban J connectivity index is 1.19. The van der Waals surface area contributed by atoms with Crippen molar-refractivity contribution in [3.05, 3.63) is 63.9 Å². The Morgan fingerprint density at radius 2 is 1.79 bits per heavy atom. The average molecular weight is 554 g/mol. The van der Waals surface area contributed by atoms with Crippen molar-refractivity contribution in [3.8, 4) is 0 Å². The lowest BCUT2D eigenvalue weighted by Crippen LogP contribution is -2.46. The molecule has 38 heavy (non-hydrogen) atoms. The molecule has 1 amide bonds. The lowest BCUT2D eigenvalue weighted by Gasteiger charge is -2.36. The third-order valence-corrected chi connectivity index (χ3v) is 8.74. The summed E-state index contributed by atoms with van der Waals surface area (Å²) in [5.74, 6) is 0.292. The van der Waals surface area contributed by atoms with Crippen LogP contribution < -0.4 is 15.8 Å². The van der Waals surface area contributed by atoms with Gasteiger partial charge < -0.3 is 10.2 Å². The zero-order chi connectivity index (χ0) is 26.3. The predicted molar refractivity (Wildman–Crippen MR) is 156 cm³/mol. The van der Waals surface area contributed by atoms with Gasteiger partial charge in [0.05, 0.1) is 16.7 Å². The van der Waals surface area contributed by atoms with E-state index in [4.69, 9.17) is 16.6 Å². The maximum atomic E-state index is 13.4. The Bertz CT molecular complexity index is 1300. The normalized spacial score (nSPS) is 17.1. The number of piperazine rings is 1. The van der Waals surface area contributed by atoms with Gasteiger partial charge in [0.25, 0.3) is 5.56 Å². The molecule has 1 aliphatic heterocycles. The molecule has 0 atom stereocenters. The molecule has 2 aliphatic rings. The van der Waals surface area contributed by atoms with E-state index < -0.39 is 0 Å². The van der Waals surface area contributed by atoms with Gasteiger partial charge in [-0.3, -0.25) is 19.1 Å². The Hall–Kier alpha value is -2.55. The van der Waals surface area contributed by atoms with Crippen LogP contribution in [0, 0.1) is 0 Å². The Labute approximate surface area is 233 Å². The molecule has 9 heteroatoms. The molecule has 1 aromatic heterocycles. The number of halogens is 1. The largest absolute Gasteiger partial charge is 0.369 e. The first kappa shape index (κ1) is 27.0. The standard InChI is InChI=1S/C29H36ClN5O2S/c30-22-8-6-11-24(20-22)34-18-16-33(17-19-34)14-7-15-35-28(37)25-12-4-5-13-26(25)32-29(35)38-21-27(36)31-23-9-2-1-3-10-23/h4-6,8,11-13,20,23H,1-3,7,9-10,14-19,21H2,(H,31,36). The van der Waals surface area contributed by atoms with Crippen molar-refractivity contribution in [2.45, 2.75) is 56.3 Å². The molecule has 1 saturated heterocycles. The van der Waals surface area contributed by atoms with Crippen LogP contribution in [0.5, 0.6) is 0 Å². The second-order valence-electron chi connectivity index (χ2n) is 10.2. The van der Waals surface area contributed by atoms with Crippen LogP contribution in [-0.4, -0.2) is 64.9 Å². The Kier molecular flexibility index (Phi) is 9.25. The quantitative estimate of drug-likeness (QED) is 0.303. The van der Waals surface area contributed by atoms with Crippen LogP contribution in [0.25, 0.3) is 10.9 Å². The predicted octanol–water partition coefficient (Wildman–Crippen LogP) is 4.80. The van der Waals surface area contributed by atoms with Crippen molar-refractivity contribution >= 4 is 45.9 Å². The highest BCUT2D eigenvalue weighted by Gasteiger charge is 2.19. The smallest absolute Gasteiger partial charge is 0.262 e. The highest BCUT2D eigenvalue weighted by molar-refractivity contribution is 7.99. The second kappa shape index (κ2) is 13.0. The Morgan fingerprint density at radius 1 is 1.00 bits per heavy atom. The van der Waals surface area contributed by atoms with Crippen molar-refractivity contribution in [2.24, 2.45) is 0 Å². The third kappa shape index (κ3) is 6.90. The summed E-state index contributed by atoms with van der Waals surface area (Å²) in [5, 5.41) is 5.18. The maximum Gasteiger partial charge on any atom is 0.262 e. The van der Waals surface area contributed by atoms with Crippen LogP contribution in [-0.2, 0) is 11.3 Å². The van der Waals surface area contributed by atoms with Crippen LogP contribution in [0.3, 0.4) is 0 Å². The van der Waals surface area contributed by atoms with Crippen LogP contribution in [0.4, 0.5) is 5.69 Å². The van der Waals surface area contributed by atoms with Crippen molar-refractivity contribution < 1.29 is 4.79 Å². The first-order valence-corrected chi connectivity index (χ1v) is 15.1. The van der Waals surface area contributed by atoms with Gasteiger partial charge in [-0.2, -0.15) is 0 Å². The van der Waals surface area contributed by atoms with E-state index in [0.717, 1.165) is 57.0 Å². The fourth-order valence-corrected chi connectivity index (χ4v) is 6.48. The molecular weight excluding hydrogens is 518 g/mol. The van der Waals surface area contributed by atoms with Gasteiger partial charge >= 0.3 is 0 Å². The third-order valence-electron chi connectivity index (χ3n) is 7.53. The number of carbonyl (C=O) groups excluding carboxylic acids is 1. The van der Waals surface area contributed by atoms with E-state index in [0.29, 0.717) is 22.6 Å². The van der Waals surface area contributed by atoms with E-state index in [9.17, 15) is 9.59 Å². The van der Waals surface area contributed by atoms with E-state index in [-0.39, 0.29) is 23.3 Å². The molecule has 0 unspecified atom stereocenters. The minimum Gasteiger partial charge on any atom is -0.369 e. The molecule has 0 radical (unpaired) electrons. The molecule has 2 fully saturated rings. The number of hydrogen-bond donors (Lipinski definition) is 1. The van der Waals surface area contributed by atoms with Gasteiger partial charge in [0.1, 0.15) is 0 Å². The number of para-hydroxylation sites is 1. The van der Waals surface area contributed by atoms with Gasteiger partial charge in [-0.05, 0) is 56.1 Å². The van der Waals surface area contributed by atoms with E-state index in [2.05, 4.69) is 21.2 Å². The summed E-state index contributed by atoms with van der Waals surface area (Å²) in [7, 11) is 0. The summed E-state index contributed by atoms with van der Waals surface area (Å²) >= 11 is 7.54. The minimum absolute atomic E-state index is 0.0217. The second-order valence-corrected chi connectivity index (χ2v) is 11.6. The molecule has 1 aliphatic carbocycles. The van der Waals surface area contributed by atoms with E-state index in [1.165, 1.54) is 36.7 Å². The highest BCUT2D eigenvalue weighted by Crippen LogP contribution is 2.22. The zero-order valence-corrected chi connectivity index (χ0v) is 23.4. The van der Waals surface area contributed by atoms with Crippen LogP contribution in [0.2, 0.25) is 5.02 Å². The van der Waals surface area contributed by atoms with Gasteiger partial charge in [-0.15, -0.1) is 0 Å². The van der Waals surface area contributed by atoms with Crippen molar-refractivity contribution in [2.75, 3.05) is 43.4 Å². The topological polar surface area (TPSA) is 70.5 Å². The lowest BCUT2D eigenvalue weighted by molar-refractivity contribution is -0.119. The monoisotopic (exact) mass is 553 g/mol. The molecular formula is C29H36ClN5O2S. The number of carbonyl (C=O) groups is 1. The number of nitrogens with one attached hydrogen (secondary N) is 1. The number of nitrogens with zero attached hydrogens (tertiary/aromatic N) is 4. The Morgan fingerprint density at radius 3 is 2.58 bits per heavy atom. The van der Waals surface area contributed by atoms with Crippen LogP contribution >= 0.6 is 23.4 Å². The fraction of sp³-hybridized carbons (Fsp3) is 0.483. The first-order valence-electron chi connectivity index (χ1n) is 13.7.